The van der Waals surface area contributed by atoms with E-state index in [1.807, 2.05) is 26.0 Å². The minimum Gasteiger partial charge on any atom is -0.349 e. The van der Waals surface area contributed by atoms with E-state index in [1.165, 1.54) is 5.56 Å². The van der Waals surface area contributed by atoms with Gasteiger partial charge in [-0.2, -0.15) is 5.10 Å². The molecular formula is C16H22N4O. The summed E-state index contributed by atoms with van der Waals surface area (Å²) in [5.41, 5.74) is 10.4. The maximum atomic E-state index is 12.0. The number of aromatic amines is 1. The minimum absolute atomic E-state index is 0.0179. The monoisotopic (exact) mass is 286 g/mol. The number of aryl methyl sites for hydroxylation is 2. The lowest BCUT2D eigenvalue weighted by Crippen LogP contribution is -2.36. The highest BCUT2D eigenvalue weighted by molar-refractivity contribution is 5.93. The fourth-order valence-corrected chi connectivity index (χ4v) is 2.14. The Morgan fingerprint density at radius 3 is 2.81 bits per heavy atom. The van der Waals surface area contributed by atoms with Crippen molar-refractivity contribution in [1.82, 2.24) is 15.5 Å². The summed E-state index contributed by atoms with van der Waals surface area (Å²) < 4.78 is 0. The number of aromatic nitrogens is 2. The second kappa shape index (κ2) is 6.54. The molecule has 5 heteroatoms. The van der Waals surface area contributed by atoms with Crippen molar-refractivity contribution in [3.8, 4) is 11.3 Å². The third-order valence-corrected chi connectivity index (χ3v) is 3.53. The molecule has 1 amide bonds. The highest BCUT2D eigenvalue weighted by Gasteiger charge is 2.12. The van der Waals surface area contributed by atoms with E-state index in [9.17, 15) is 4.79 Å². The molecule has 1 aromatic carbocycles. The zero-order chi connectivity index (χ0) is 15.4. The van der Waals surface area contributed by atoms with Crippen molar-refractivity contribution in [2.45, 2.75) is 33.2 Å². The van der Waals surface area contributed by atoms with Crippen molar-refractivity contribution in [1.29, 1.82) is 0 Å². The van der Waals surface area contributed by atoms with Crippen LogP contribution in [0.5, 0.6) is 0 Å². The van der Waals surface area contributed by atoms with Crippen molar-refractivity contribution in [3.63, 3.8) is 0 Å². The quantitative estimate of drug-likeness (QED) is 0.787. The van der Waals surface area contributed by atoms with Crippen molar-refractivity contribution < 1.29 is 4.79 Å². The molecule has 1 aromatic heterocycles. The van der Waals surface area contributed by atoms with Crippen LogP contribution in [0.2, 0.25) is 0 Å². The topological polar surface area (TPSA) is 83.8 Å². The van der Waals surface area contributed by atoms with Gasteiger partial charge in [-0.15, -0.1) is 0 Å². The molecule has 1 unspecified atom stereocenters. The van der Waals surface area contributed by atoms with Gasteiger partial charge in [0.25, 0.3) is 5.91 Å². The van der Waals surface area contributed by atoms with E-state index in [0.717, 1.165) is 23.2 Å². The van der Waals surface area contributed by atoms with Crippen molar-refractivity contribution in [2.24, 2.45) is 5.73 Å². The van der Waals surface area contributed by atoms with Crippen molar-refractivity contribution >= 4 is 5.91 Å². The zero-order valence-corrected chi connectivity index (χ0v) is 12.7. The zero-order valence-electron chi connectivity index (χ0n) is 12.7. The number of nitrogens with two attached hydrogens (primary N) is 1. The third-order valence-electron chi connectivity index (χ3n) is 3.53. The van der Waals surface area contributed by atoms with Crippen molar-refractivity contribution in [3.05, 3.63) is 41.1 Å². The number of hydrogen-bond acceptors (Lipinski definition) is 3. The molecule has 0 aliphatic heterocycles. The molecule has 1 heterocycles. The Morgan fingerprint density at radius 1 is 1.38 bits per heavy atom. The van der Waals surface area contributed by atoms with E-state index in [4.69, 9.17) is 5.73 Å². The maximum Gasteiger partial charge on any atom is 0.269 e. The van der Waals surface area contributed by atoms with Gasteiger partial charge in [-0.3, -0.25) is 9.89 Å². The number of hydrogen-bond donors (Lipinski definition) is 3. The first kappa shape index (κ1) is 15.3. The van der Waals surface area contributed by atoms with Gasteiger partial charge in [-0.05, 0) is 31.9 Å². The van der Waals surface area contributed by atoms with Crippen LogP contribution in [-0.4, -0.2) is 28.7 Å². The Labute approximate surface area is 124 Å². The molecule has 2 aromatic rings. The third kappa shape index (κ3) is 3.70. The Balaban J connectivity index is 2.12. The fraction of sp³-hybridized carbons (Fsp3) is 0.375. The average Bonchev–Trinajstić information content (AvgIpc) is 2.93. The number of nitrogens with zero attached hydrogens (tertiary/aromatic N) is 1. The summed E-state index contributed by atoms with van der Waals surface area (Å²) in [6.45, 7) is 6.55. The molecule has 21 heavy (non-hydrogen) atoms. The molecule has 0 aliphatic rings. The fourth-order valence-electron chi connectivity index (χ4n) is 2.14. The first-order valence-corrected chi connectivity index (χ1v) is 7.18. The summed E-state index contributed by atoms with van der Waals surface area (Å²) in [6.07, 6.45) is 0.830. The molecule has 0 fully saturated rings. The van der Waals surface area contributed by atoms with Crippen LogP contribution < -0.4 is 11.1 Å². The molecule has 4 N–H and O–H groups in total. The number of carbonyl (C=O) groups is 1. The smallest absolute Gasteiger partial charge is 0.269 e. The summed E-state index contributed by atoms with van der Waals surface area (Å²) in [5, 5.41) is 9.82. The van der Waals surface area contributed by atoms with Gasteiger partial charge < -0.3 is 11.1 Å². The minimum atomic E-state index is -0.178. The lowest BCUT2D eigenvalue weighted by molar-refractivity contribution is 0.0946. The summed E-state index contributed by atoms with van der Waals surface area (Å²) in [5.74, 6) is -0.178. The van der Waals surface area contributed by atoms with E-state index >= 15 is 0 Å². The van der Waals surface area contributed by atoms with Crippen LogP contribution in [0.1, 0.15) is 35.0 Å². The molecule has 1 atom stereocenters. The number of nitrogens with one attached hydrogen (secondary N) is 2. The molecular weight excluding hydrogens is 264 g/mol. The highest BCUT2D eigenvalue weighted by atomic mass is 16.1. The summed E-state index contributed by atoms with van der Waals surface area (Å²) in [7, 11) is 0. The predicted molar refractivity (Wildman–Crippen MR) is 84.1 cm³/mol. The Bertz CT molecular complexity index is 633. The van der Waals surface area contributed by atoms with Crippen LogP contribution in [0.15, 0.2) is 24.3 Å². The Morgan fingerprint density at radius 2 is 2.14 bits per heavy atom. The van der Waals surface area contributed by atoms with E-state index in [0.29, 0.717) is 12.2 Å². The van der Waals surface area contributed by atoms with Crippen molar-refractivity contribution in [2.75, 3.05) is 6.54 Å². The number of H-pyrrole nitrogens is 1. The van der Waals surface area contributed by atoms with Crippen LogP contribution in [0, 0.1) is 13.8 Å². The number of rotatable bonds is 5. The molecule has 0 spiro atoms. The van der Waals surface area contributed by atoms with E-state index < -0.39 is 0 Å². The first-order valence-electron chi connectivity index (χ1n) is 7.18. The number of carbonyl (C=O) groups excluding carboxylic acids is 1. The van der Waals surface area contributed by atoms with Gasteiger partial charge in [0.15, 0.2) is 0 Å². The van der Waals surface area contributed by atoms with Gasteiger partial charge in [0.2, 0.25) is 0 Å². The largest absolute Gasteiger partial charge is 0.349 e. The number of amides is 1. The van der Waals surface area contributed by atoms with Crippen LogP contribution in [-0.2, 0) is 0 Å². The SMILES string of the molecule is CCC(N)CNC(=O)c1cc(-c2ccc(C)cc2C)n[nH]1. The first-order chi connectivity index (χ1) is 10.0. The molecule has 0 saturated heterocycles. The molecule has 0 bridgehead atoms. The molecule has 5 nitrogen and oxygen atoms in total. The molecule has 0 radical (unpaired) electrons. The van der Waals surface area contributed by atoms with Crippen LogP contribution in [0.4, 0.5) is 0 Å². The molecule has 0 aliphatic carbocycles. The van der Waals surface area contributed by atoms with Gasteiger partial charge in [0.1, 0.15) is 5.69 Å². The summed E-state index contributed by atoms with van der Waals surface area (Å²) in [6, 6.07) is 7.91. The molecule has 112 valence electrons. The van der Waals surface area contributed by atoms with Gasteiger partial charge in [-0.25, -0.2) is 0 Å². The van der Waals surface area contributed by atoms with Gasteiger partial charge in [0.05, 0.1) is 5.69 Å². The van der Waals surface area contributed by atoms with E-state index in [1.54, 1.807) is 6.07 Å². The lowest BCUT2D eigenvalue weighted by atomic mass is 10.0. The van der Waals surface area contributed by atoms with E-state index in [-0.39, 0.29) is 11.9 Å². The second-order valence-electron chi connectivity index (χ2n) is 5.36. The lowest BCUT2D eigenvalue weighted by Gasteiger charge is -2.08. The van der Waals surface area contributed by atoms with Gasteiger partial charge in [0, 0.05) is 18.2 Å². The molecule has 2 rings (SSSR count). The van der Waals surface area contributed by atoms with Crippen LogP contribution in [0.3, 0.4) is 0 Å². The van der Waals surface area contributed by atoms with Crippen LogP contribution in [0.25, 0.3) is 11.3 Å². The summed E-state index contributed by atoms with van der Waals surface area (Å²) >= 11 is 0. The maximum absolute atomic E-state index is 12.0. The highest BCUT2D eigenvalue weighted by Crippen LogP contribution is 2.22. The Hall–Kier alpha value is -2.14. The van der Waals surface area contributed by atoms with Gasteiger partial charge >= 0.3 is 0 Å². The Kier molecular flexibility index (Phi) is 4.75. The summed E-state index contributed by atoms with van der Waals surface area (Å²) in [4.78, 5) is 12.0. The average molecular weight is 286 g/mol. The number of benzene rings is 1. The standard InChI is InChI=1S/C16H22N4O/c1-4-12(17)9-18-16(21)15-8-14(19-20-15)13-6-5-10(2)7-11(13)3/h5-8,12H,4,9,17H2,1-3H3,(H,18,21)(H,19,20). The van der Waals surface area contributed by atoms with Crippen LogP contribution >= 0.6 is 0 Å². The van der Waals surface area contributed by atoms with E-state index in [2.05, 4.69) is 28.5 Å². The normalized spacial score (nSPS) is 12.2. The predicted octanol–water partition coefficient (Wildman–Crippen LogP) is 2.16. The van der Waals surface area contributed by atoms with Gasteiger partial charge in [-0.1, -0.05) is 30.7 Å². The molecule has 0 saturated carbocycles. The second-order valence-corrected chi connectivity index (χ2v) is 5.36.